The summed E-state index contributed by atoms with van der Waals surface area (Å²) >= 11 is 2.00. The zero-order valence-corrected chi connectivity index (χ0v) is 11.3. The highest BCUT2D eigenvalue weighted by Gasteiger charge is 2.03. The first-order chi connectivity index (χ1) is 7.68. The van der Waals surface area contributed by atoms with Crippen molar-refractivity contribution in [2.75, 3.05) is 12.3 Å². The Labute approximate surface area is 103 Å². The smallest absolute Gasteiger partial charge is 0.0419 e. The van der Waals surface area contributed by atoms with E-state index < -0.39 is 0 Å². The molecule has 0 amide bonds. The van der Waals surface area contributed by atoms with E-state index in [4.69, 9.17) is 0 Å². The molecule has 1 heterocycles. The van der Waals surface area contributed by atoms with Gasteiger partial charge in [-0.05, 0) is 24.3 Å². The molecule has 0 aliphatic carbocycles. The first-order valence-electron chi connectivity index (χ1n) is 5.93. The molecule has 0 fully saturated rings. The molecule has 1 unspecified atom stereocenters. The van der Waals surface area contributed by atoms with Crippen LogP contribution in [0.15, 0.2) is 24.4 Å². The van der Waals surface area contributed by atoms with Gasteiger partial charge in [0.2, 0.25) is 0 Å². The minimum Gasteiger partial charge on any atom is -0.313 e. The second kappa shape index (κ2) is 7.69. The number of pyridine rings is 1. The Balaban J connectivity index is 2.14. The van der Waals surface area contributed by atoms with E-state index in [0.717, 1.165) is 18.2 Å². The molecule has 1 rings (SSSR count). The van der Waals surface area contributed by atoms with Crippen molar-refractivity contribution in [3.05, 3.63) is 30.1 Å². The predicted octanol–water partition coefficient (Wildman–Crippen LogP) is 2.74. The van der Waals surface area contributed by atoms with Gasteiger partial charge in [0.05, 0.1) is 0 Å². The molecule has 0 saturated carbocycles. The maximum absolute atomic E-state index is 4.33. The third kappa shape index (κ3) is 6.13. The van der Waals surface area contributed by atoms with E-state index in [0.29, 0.717) is 6.04 Å². The van der Waals surface area contributed by atoms with Crippen molar-refractivity contribution in [2.24, 2.45) is 0 Å². The van der Waals surface area contributed by atoms with Crippen LogP contribution in [0.2, 0.25) is 0 Å². The molecule has 3 heteroatoms. The van der Waals surface area contributed by atoms with Crippen LogP contribution in [0.1, 0.15) is 26.5 Å². The van der Waals surface area contributed by atoms with Crippen LogP contribution in [0.5, 0.6) is 0 Å². The van der Waals surface area contributed by atoms with Crippen molar-refractivity contribution in [2.45, 2.75) is 38.5 Å². The molecule has 0 aliphatic heterocycles. The molecule has 90 valence electrons. The lowest BCUT2D eigenvalue weighted by Crippen LogP contribution is -2.30. The van der Waals surface area contributed by atoms with Gasteiger partial charge in [-0.1, -0.05) is 19.9 Å². The van der Waals surface area contributed by atoms with E-state index in [1.165, 1.54) is 11.4 Å². The zero-order chi connectivity index (χ0) is 11.8. The lowest BCUT2D eigenvalue weighted by Gasteiger charge is -2.13. The monoisotopic (exact) mass is 238 g/mol. The molecule has 0 bridgehead atoms. The molecule has 0 aromatic carbocycles. The Morgan fingerprint density at radius 3 is 2.75 bits per heavy atom. The van der Waals surface area contributed by atoms with Gasteiger partial charge in [0.15, 0.2) is 0 Å². The summed E-state index contributed by atoms with van der Waals surface area (Å²) in [6.07, 6.45) is 2.86. The number of thioether (sulfide) groups is 1. The maximum atomic E-state index is 4.33. The highest BCUT2D eigenvalue weighted by atomic mass is 32.2. The molecule has 1 N–H and O–H groups in total. The van der Waals surface area contributed by atoms with Crippen LogP contribution >= 0.6 is 11.8 Å². The molecule has 1 aromatic heterocycles. The van der Waals surface area contributed by atoms with Gasteiger partial charge in [0, 0.05) is 36.7 Å². The van der Waals surface area contributed by atoms with E-state index in [-0.39, 0.29) is 0 Å². The summed E-state index contributed by atoms with van der Waals surface area (Å²) in [4.78, 5) is 4.33. The van der Waals surface area contributed by atoms with Gasteiger partial charge in [0.1, 0.15) is 0 Å². The fourth-order valence-electron chi connectivity index (χ4n) is 1.50. The van der Waals surface area contributed by atoms with Crippen LogP contribution in [0.3, 0.4) is 0 Å². The largest absolute Gasteiger partial charge is 0.313 e. The van der Waals surface area contributed by atoms with Gasteiger partial charge in [-0.2, -0.15) is 11.8 Å². The fourth-order valence-corrected chi connectivity index (χ4v) is 2.21. The topological polar surface area (TPSA) is 24.9 Å². The molecule has 0 radical (unpaired) electrons. The van der Waals surface area contributed by atoms with E-state index >= 15 is 0 Å². The second-order valence-electron chi connectivity index (χ2n) is 4.30. The summed E-state index contributed by atoms with van der Waals surface area (Å²) in [6, 6.07) is 6.59. The molecule has 0 aliphatic rings. The number of aromatic nitrogens is 1. The van der Waals surface area contributed by atoms with Crippen LogP contribution in [0.25, 0.3) is 0 Å². The molecule has 16 heavy (non-hydrogen) atoms. The summed E-state index contributed by atoms with van der Waals surface area (Å²) in [7, 11) is 0. The van der Waals surface area contributed by atoms with Crippen molar-refractivity contribution in [3.8, 4) is 0 Å². The van der Waals surface area contributed by atoms with Gasteiger partial charge in [-0.3, -0.25) is 4.98 Å². The minimum absolute atomic E-state index is 0.502. The fraction of sp³-hybridized carbons (Fsp3) is 0.615. The number of hydrogen-bond donors (Lipinski definition) is 1. The van der Waals surface area contributed by atoms with Gasteiger partial charge in [-0.25, -0.2) is 0 Å². The average Bonchev–Trinajstić information content (AvgIpc) is 2.25. The van der Waals surface area contributed by atoms with Crippen LogP contribution in [0.4, 0.5) is 0 Å². The number of rotatable bonds is 7. The van der Waals surface area contributed by atoms with Crippen LogP contribution in [0, 0.1) is 0 Å². The Morgan fingerprint density at radius 1 is 1.31 bits per heavy atom. The van der Waals surface area contributed by atoms with Gasteiger partial charge in [0.25, 0.3) is 0 Å². The summed E-state index contributed by atoms with van der Waals surface area (Å²) in [6.45, 7) is 7.77. The van der Waals surface area contributed by atoms with Crippen molar-refractivity contribution >= 4 is 11.8 Å². The second-order valence-corrected chi connectivity index (χ2v) is 5.98. The Hall–Kier alpha value is -0.540. The lowest BCUT2D eigenvalue weighted by atomic mass is 10.1. The van der Waals surface area contributed by atoms with Crippen LogP contribution in [-0.4, -0.2) is 28.6 Å². The minimum atomic E-state index is 0.502. The summed E-state index contributed by atoms with van der Waals surface area (Å²) in [5.41, 5.74) is 1.17. The molecule has 2 nitrogen and oxygen atoms in total. The molecule has 1 aromatic rings. The third-order valence-corrected chi connectivity index (χ3v) is 3.39. The standard InChI is InChI=1S/C13H22N2S/c1-11(2)16-9-8-14-12(3)10-13-6-4-5-7-15-13/h4-7,11-12,14H,8-10H2,1-3H3. The molecule has 0 spiro atoms. The Morgan fingerprint density at radius 2 is 2.12 bits per heavy atom. The highest BCUT2D eigenvalue weighted by molar-refractivity contribution is 7.99. The van der Waals surface area contributed by atoms with Crippen molar-refractivity contribution in [3.63, 3.8) is 0 Å². The zero-order valence-electron chi connectivity index (χ0n) is 10.4. The lowest BCUT2D eigenvalue weighted by molar-refractivity contribution is 0.562. The van der Waals surface area contributed by atoms with E-state index in [2.05, 4.69) is 37.1 Å². The molecule has 0 saturated heterocycles. The summed E-state index contributed by atoms with van der Waals surface area (Å²) < 4.78 is 0. The van der Waals surface area contributed by atoms with Crippen molar-refractivity contribution in [1.82, 2.24) is 10.3 Å². The normalized spacial score (nSPS) is 13.0. The van der Waals surface area contributed by atoms with Gasteiger partial charge < -0.3 is 5.32 Å². The van der Waals surface area contributed by atoms with Crippen molar-refractivity contribution < 1.29 is 0 Å². The average molecular weight is 238 g/mol. The van der Waals surface area contributed by atoms with E-state index in [1.54, 1.807) is 0 Å². The Bertz CT molecular complexity index is 275. The number of nitrogens with one attached hydrogen (secondary N) is 1. The summed E-state index contributed by atoms with van der Waals surface area (Å²) in [5, 5.41) is 4.26. The quantitative estimate of drug-likeness (QED) is 0.739. The van der Waals surface area contributed by atoms with Gasteiger partial charge in [-0.15, -0.1) is 0 Å². The maximum Gasteiger partial charge on any atom is 0.0419 e. The highest BCUT2D eigenvalue weighted by Crippen LogP contribution is 2.07. The Kier molecular flexibility index (Phi) is 6.50. The molecular formula is C13H22N2S. The number of hydrogen-bond acceptors (Lipinski definition) is 3. The van der Waals surface area contributed by atoms with E-state index in [1.807, 2.05) is 30.1 Å². The van der Waals surface area contributed by atoms with Crippen LogP contribution < -0.4 is 5.32 Å². The molecular weight excluding hydrogens is 216 g/mol. The first-order valence-corrected chi connectivity index (χ1v) is 6.98. The molecule has 1 atom stereocenters. The first kappa shape index (κ1) is 13.5. The summed E-state index contributed by atoms with van der Waals surface area (Å²) in [5.74, 6) is 1.18. The van der Waals surface area contributed by atoms with Crippen LogP contribution in [-0.2, 0) is 6.42 Å². The predicted molar refractivity (Wildman–Crippen MR) is 73.0 cm³/mol. The number of nitrogens with zero attached hydrogens (tertiary/aromatic N) is 1. The SMILES string of the molecule is CC(Cc1ccccn1)NCCSC(C)C. The van der Waals surface area contributed by atoms with Crippen molar-refractivity contribution in [1.29, 1.82) is 0 Å². The third-order valence-electron chi connectivity index (χ3n) is 2.29. The van der Waals surface area contributed by atoms with Gasteiger partial charge >= 0.3 is 0 Å². The van der Waals surface area contributed by atoms with E-state index in [9.17, 15) is 0 Å².